The Labute approximate surface area is 226 Å². The molecule has 5 amide bonds. The number of primary amides is 1. The Bertz CT molecular complexity index is 882. The predicted molar refractivity (Wildman–Crippen MR) is 145 cm³/mol. The molecule has 0 aromatic rings. The average molecular weight is 537 g/mol. The van der Waals surface area contributed by atoms with Gasteiger partial charge in [0, 0.05) is 19.1 Å². The van der Waals surface area contributed by atoms with Crippen molar-refractivity contribution in [3.8, 4) is 0 Å². The fraction of sp³-hybridized carbons (Fsp3) is 0.815. The van der Waals surface area contributed by atoms with Crippen molar-refractivity contribution in [2.24, 2.45) is 28.9 Å². The van der Waals surface area contributed by atoms with Gasteiger partial charge in [-0.1, -0.05) is 60.8 Å². The Morgan fingerprint density at radius 3 is 2.11 bits per heavy atom. The summed E-state index contributed by atoms with van der Waals surface area (Å²) in [5.41, 5.74) is 4.62. The molecule has 5 atom stereocenters. The highest BCUT2D eigenvalue weighted by molar-refractivity contribution is 6.37. The molecule has 1 saturated heterocycles. The molecule has 0 aromatic heterocycles. The molecule has 0 aromatic carbocycles. The Morgan fingerprint density at radius 2 is 1.63 bits per heavy atom. The number of urea groups is 1. The van der Waals surface area contributed by atoms with Gasteiger partial charge in [0.1, 0.15) is 12.1 Å². The van der Waals surface area contributed by atoms with Crippen LogP contribution >= 0.6 is 0 Å². The molecule has 0 spiro atoms. The summed E-state index contributed by atoms with van der Waals surface area (Å²) in [6.45, 7) is 12.4. The minimum atomic E-state index is -1.08. The molecular formula is C27H48N6O5. The summed E-state index contributed by atoms with van der Waals surface area (Å²) in [4.78, 5) is 65.9. The lowest BCUT2D eigenvalue weighted by molar-refractivity contribution is -0.144. The van der Waals surface area contributed by atoms with Gasteiger partial charge in [-0.25, -0.2) is 4.79 Å². The van der Waals surface area contributed by atoms with Gasteiger partial charge in [0.25, 0.3) is 5.91 Å². The van der Waals surface area contributed by atoms with Crippen molar-refractivity contribution >= 4 is 29.5 Å². The summed E-state index contributed by atoms with van der Waals surface area (Å²) in [5.74, 6) is -2.46. The quantitative estimate of drug-likeness (QED) is 0.233. The van der Waals surface area contributed by atoms with Crippen LogP contribution in [0.4, 0.5) is 4.79 Å². The second kappa shape index (κ2) is 13.4. The largest absolute Gasteiger partial charge is 0.363 e. The molecule has 11 heteroatoms. The van der Waals surface area contributed by atoms with Crippen LogP contribution < -0.4 is 27.0 Å². The van der Waals surface area contributed by atoms with Gasteiger partial charge in [0.05, 0.1) is 6.04 Å². The first-order valence-corrected chi connectivity index (χ1v) is 13.8. The van der Waals surface area contributed by atoms with Crippen LogP contribution in [0.15, 0.2) is 0 Å². The molecular weight excluding hydrogens is 488 g/mol. The van der Waals surface area contributed by atoms with Crippen molar-refractivity contribution in [1.29, 1.82) is 0 Å². The lowest BCUT2D eigenvalue weighted by Crippen LogP contribution is -2.61. The summed E-state index contributed by atoms with van der Waals surface area (Å²) in [5, 5.41) is 11.6. The maximum atomic E-state index is 13.8. The SMILES string of the molecule is CNC[C@@H](NC(=O)N[C@H](C(=O)N1CC[C@H](C)[C@H]1C(=O)NC(CC1CCC1)C(=O)C(N)=O)C(C)(C)C)C(C)C. The molecule has 0 bridgehead atoms. The molecule has 1 unspecified atom stereocenters. The second-order valence-corrected chi connectivity index (χ2v) is 12.4. The lowest BCUT2D eigenvalue weighted by Gasteiger charge is -2.37. The molecule has 6 N–H and O–H groups in total. The first-order chi connectivity index (χ1) is 17.7. The zero-order chi connectivity index (χ0) is 28.8. The van der Waals surface area contributed by atoms with E-state index < -0.39 is 47.2 Å². The molecule has 0 radical (unpaired) electrons. The molecule has 2 rings (SSSR count). The highest BCUT2D eigenvalue weighted by Crippen LogP contribution is 2.32. The van der Waals surface area contributed by atoms with Crippen LogP contribution in [-0.4, -0.2) is 78.7 Å². The van der Waals surface area contributed by atoms with Crippen LogP contribution in [0.2, 0.25) is 0 Å². The number of hydrogen-bond donors (Lipinski definition) is 5. The monoisotopic (exact) mass is 536 g/mol. The van der Waals surface area contributed by atoms with Crippen molar-refractivity contribution in [2.75, 3.05) is 20.1 Å². The fourth-order valence-corrected chi connectivity index (χ4v) is 5.15. The number of carbonyl (C=O) groups is 5. The maximum absolute atomic E-state index is 13.8. The van der Waals surface area contributed by atoms with Gasteiger partial charge < -0.3 is 31.9 Å². The van der Waals surface area contributed by atoms with Gasteiger partial charge in [0.2, 0.25) is 17.6 Å². The maximum Gasteiger partial charge on any atom is 0.315 e. The van der Waals surface area contributed by atoms with Crippen LogP contribution in [0.1, 0.15) is 73.6 Å². The smallest absolute Gasteiger partial charge is 0.315 e. The van der Waals surface area contributed by atoms with E-state index in [0.29, 0.717) is 25.9 Å². The van der Waals surface area contributed by atoms with Crippen molar-refractivity contribution in [3.63, 3.8) is 0 Å². The van der Waals surface area contributed by atoms with Crippen LogP contribution in [-0.2, 0) is 19.2 Å². The summed E-state index contributed by atoms with van der Waals surface area (Å²) < 4.78 is 0. The van der Waals surface area contributed by atoms with Gasteiger partial charge in [-0.3, -0.25) is 19.2 Å². The normalized spacial score (nSPS) is 22.3. The third-order valence-electron chi connectivity index (χ3n) is 7.86. The number of likely N-dealkylation sites (N-methyl/N-ethyl adjacent to an activating group) is 1. The average Bonchev–Trinajstić information content (AvgIpc) is 3.18. The Hall–Kier alpha value is -2.69. The Morgan fingerprint density at radius 1 is 1.00 bits per heavy atom. The van der Waals surface area contributed by atoms with Crippen molar-refractivity contribution in [1.82, 2.24) is 26.2 Å². The van der Waals surface area contributed by atoms with Gasteiger partial charge in [-0.15, -0.1) is 0 Å². The van der Waals surface area contributed by atoms with Gasteiger partial charge in [-0.05, 0) is 43.1 Å². The zero-order valence-corrected chi connectivity index (χ0v) is 24.1. The number of likely N-dealkylation sites (tertiary alicyclic amines) is 1. The predicted octanol–water partition coefficient (Wildman–Crippen LogP) is 0.911. The second-order valence-electron chi connectivity index (χ2n) is 12.4. The summed E-state index contributed by atoms with van der Waals surface area (Å²) in [7, 11) is 1.81. The van der Waals surface area contributed by atoms with E-state index in [1.54, 1.807) is 0 Å². The zero-order valence-electron chi connectivity index (χ0n) is 24.1. The molecule has 1 saturated carbocycles. The standard InChI is InChI=1S/C27H48N6O5/c1-15(2)19(14-29-7)31-26(38)32-22(27(4,5)6)25(37)33-12-11-16(3)20(33)24(36)30-18(21(34)23(28)35)13-17-9-8-10-17/h15-20,22,29H,8-14H2,1-7H3,(H2,28,35)(H,30,36)(H2,31,32,38)/t16-,18?,19+,20-,22+/m0/s1. The van der Waals surface area contributed by atoms with Crippen LogP contribution in [0.5, 0.6) is 0 Å². The molecule has 11 nitrogen and oxygen atoms in total. The number of nitrogens with zero attached hydrogens (tertiary/aromatic N) is 1. The molecule has 38 heavy (non-hydrogen) atoms. The van der Waals surface area contributed by atoms with E-state index in [1.807, 2.05) is 48.6 Å². The van der Waals surface area contributed by atoms with E-state index >= 15 is 0 Å². The van der Waals surface area contributed by atoms with Crippen molar-refractivity contribution in [2.45, 2.75) is 97.8 Å². The fourth-order valence-electron chi connectivity index (χ4n) is 5.15. The molecule has 2 fully saturated rings. The third kappa shape index (κ3) is 8.15. The first kappa shape index (κ1) is 31.5. The van der Waals surface area contributed by atoms with E-state index in [9.17, 15) is 24.0 Å². The first-order valence-electron chi connectivity index (χ1n) is 13.8. The van der Waals surface area contributed by atoms with Crippen molar-refractivity contribution < 1.29 is 24.0 Å². The van der Waals surface area contributed by atoms with E-state index in [4.69, 9.17) is 5.73 Å². The van der Waals surface area contributed by atoms with Gasteiger partial charge in [-0.2, -0.15) is 0 Å². The third-order valence-corrected chi connectivity index (χ3v) is 7.86. The number of amides is 5. The van der Waals surface area contributed by atoms with E-state index in [2.05, 4.69) is 21.3 Å². The summed E-state index contributed by atoms with van der Waals surface area (Å²) in [6.07, 6.45) is 3.89. The topological polar surface area (TPSA) is 163 Å². The number of Topliss-reactive ketones (excluding diaryl/α,β-unsaturated/α-hetero) is 1. The highest BCUT2D eigenvalue weighted by atomic mass is 16.2. The number of nitrogens with two attached hydrogens (primary N) is 1. The molecule has 1 heterocycles. The van der Waals surface area contributed by atoms with Crippen LogP contribution in [0, 0.1) is 23.2 Å². The van der Waals surface area contributed by atoms with Crippen LogP contribution in [0.3, 0.4) is 0 Å². The van der Waals surface area contributed by atoms with Crippen LogP contribution in [0.25, 0.3) is 0 Å². The number of nitrogens with one attached hydrogen (secondary N) is 4. The summed E-state index contributed by atoms with van der Waals surface area (Å²) >= 11 is 0. The molecule has 1 aliphatic carbocycles. The molecule has 1 aliphatic heterocycles. The Balaban J connectivity index is 2.20. The van der Waals surface area contributed by atoms with Gasteiger partial charge >= 0.3 is 6.03 Å². The number of rotatable bonds is 12. The minimum absolute atomic E-state index is 0.128. The van der Waals surface area contributed by atoms with E-state index in [1.165, 1.54) is 4.90 Å². The molecule has 216 valence electrons. The van der Waals surface area contributed by atoms with E-state index in [-0.39, 0.29) is 29.7 Å². The number of hydrogen-bond acceptors (Lipinski definition) is 6. The molecule has 2 aliphatic rings. The van der Waals surface area contributed by atoms with E-state index in [0.717, 1.165) is 19.3 Å². The summed E-state index contributed by atoms with van der Waals surface area (Å²) in [6, 6.07) is -3.29. The number of ketones is 1. The highest BCUT2D eigenvalue weighted by Gasteiger charge is 2.45. The number of carbonyl (C=O) groups excluding carboxylic acids is 5. The van der Waals surface area contributed by atoms with Crippen molar-refractivity contribution in [3.05, 3.63) is 0 Å². The Kier molecular flexibility index (Phi) is 11.1. The van der Waals surface area contributed by atoms with Gasteiger partial charge in [0.15, 0.2) is 0 Å². The lowest BCUT2D eigenvalue weighted by atomic mass is 9.80. The minimum Gasteiger partial charge on any atom is -0.363 e.